The molecule has 2 rings (SSSR count). The molecule has 0 fully saturated rings. The molecule has 2 aromatic rings. The molecule has 0 atom stereocenters. The molecule has 6 nitrogen and oxygen atoms in total. The highest BCUT2D eigenvalue weighted by molar-refractivity contribution is 5.92. The highest BCUT2D eigenvalue weighted by atomic mass is 16.5. The van der Waals surface area contributed by atoms with Crippen LogP contribution in [0.2, 0.25) is 0 Å². The summed E-state index contributed by atoms with van der Waals surface area (Å²) in [7, 11) is 3.18. The maximum Gasteiger partial charge on any atom is 0.193 e. The second kappa shape index (κ2) is 8.82. The number of guanidine groups is 1. The molecule has 2 aromatic carbocycles. The van der Waals surface area contributed by atoms with E-state index in [4.69, 9.17) is 19.9 Å². The maximum absolute atomic E-state index is 5.92. The highest BCUT2D eigenvalue weighted by Crippen LogP contribution is 2.29. The first-order chi connectivity index (χ1) is 12.0. The number of hydrogen-bond donors (Lipinski definition) is 2. The summed E-state index contributed by atoms with van der Waals surface area (Å²) >= 11 is 0. The SMILES string of the molecule is COc1ccc(NC(N)=NCCOc2c(C)cccc2C)cc1OC. The third kappa shape index (κ3) is 5.04. The number of nitrogens with two attached hydrogens (primary N) is 1. The summed E-state index contributed by atoms with van der Waals surface area (Å²) in [5.41, 5.74) is 8.91. The summed E-state index contributed by atoms with van der Waals surface area (Å²) in [5.74, 6) is 2.51. The zero-order valence-corrected chi connectivity index (χ0v) is 15.1. The topological polar surface area (TPSA) is 78.1 Å². The number of anilines is 1. The van der Waals surface area contributed by atoms with Gasteiger partial charge >= 0.3 is 0 Å². The number of aliphatic imine (C=N–C) groups is 1. The van der Waals surface area contributed by atoms with Gasteiger partial charge < -0.3 is 25.3 Å². The van der Waals surface area contributed by atoms with E-state index in [0.717, 1.165) is 22.6 Å². The zero-order chi connectivity index (χ0) is 18.2. The van der Waals surface area contributed by atoms with Gasteiger partial charge in [0.1, 0.15) is 12.4 Å². The molecule has 0 radical (unpaired) electrons. The Morgan fingerprint density at radius 2 is 1.72 bits per heavy atom. The second-order valence-corrected chi connectivity index (χ2v) is 5.53. The van der Waals surface area contributed by atoms with Crippen LogP contribution >= 0.6 is 0 Å². The zero-order valence-electron chi connectivity index (χ0n) is 15.1. The largest absolute Gasteiger partial charge is 0.493 e. The Balaban J connectivity index is 1.90. The number of benzene rings is 2. The fourth-order valence-corrected chi connectivity index (χ4v) is 2.44. The Morgan fingerprint density at radius 3 is 2.36 bits per heavy atom. The lowest BCUT2D eigenvalue weighted by Gasteiger charge is -2.12. The van der Waals surface area contributed by atoms with Gasteiger partial charge in [-0.2, -0.15) is 0 Å². The van der Waals surface area contributed by atoms with Crippen molar-refractivity contribution in [3.05, 3.63) is 47.5 Å². The van der Waals surface area contributed by atoms with E-state index in [-0.39, 0.29) is 0 Å². The highest BCUT2D eigenvalue weighted by Gasteiger charge is 2.05. The molecule has 0 unspecified atom stereocenters. The van der Waals surface area contributed by atoms with Crippen LogP contribution in [-0.4, -0.2) is 33.3 Å². The predicted molar refractivity (Wildman–Crippen MR) is 101 cm³/mol. The lowest BCUT2D eigenvalue weighted by molar-refractivity contribution is 0.324. The Morgan fingerprint density at radius 1 is 1.04 bits per heavy atom. The van der Waals surface area contributed by atoms with Gasteiger partial charge in [0, 0.05) is 11.8 Å². The van der Waals surface area contributed by atoms with E-state index >= 15 is 0 Å². The first-order valence-corrected chi connectivity index (χ1v) is 8.03. The van der Waals surface area contributed by atoms with E-state index in [2.05, 4.69) is 10.3 Å². The first kappa shape index (κ1) is 18.4. The smallest absolute Gasteiger partial charge is 0.193 e. The maximum atomic E-state index is 5.92. The van der Waals surface area contributed by atoms with E-state index in [0.29, 0.717) is 30.6 Å². The Kier molecular flexibility index (Phi) is 6.51. The van der Waals surface area contributed by atoms with E-state index < -0.39 is 0 Å². The van der Waals surface area contributed by atoms with E-state index in [1.807, 2.05) is 38.1 Å². The molecular weight excluding hydrogens is 318 g/mol. The van der Waals surface area contributed by atoms with Crippen LogP contribution in [0, 0.1) is 13.8 Å². The summed E-state index contributed by atoms with van der Waals surface area (Å²) < 4.78 is 16.3. The van der Waals surface area contributed by atoms with E-state index in [1.54, 1.807) is 26.4 Å². The molecule has 0 amide bonds. The molecule has 0 saturated carbocycles. The van der Waals surface area contributed by atoms with Crippen molar-refractivity contribution in [1.29, 1.82) is 0 Å². The summed E-state index contributed by atoms with van der Waals surface area (Å²) in [4.78, 5) is 4.28. The summed E-state index contributed by atoms with van der Waals surface area (Å²) in [6.45, 7) is 4.97. The second-order valence-electron chi connectivity index (χ2n) is 5.53. The molecule has 0 bridgehead atoms. The average molecular weight is 343 g/mol. The quantitative estimate of drug-likeness (QED) is 0.459. The predicted octanol–water partition coefficient (Wildman–Crippen LogP) is 3.13. The summed E-state index contributed by atoms with van der Waals surface area (Å²) in [6.07, 6.45) is 0. The molecule has 6 heteroatoms. The standard InChI is InChI=1S/C19H25N3O3/c1-13-6-5-7-14(2)18(13)25-11-10-21-19(20)22-15-8-9-16(23-3)17(12-15)24-4/h5-9,12H,10-11H2,1-4H3,(H3,20,21,22). The molecule has 134 valence electrons. The Bertz CT molecular complexity index is 724. The molecule has 0 spiro atoms. The van der Waals surface area contributed by atoms with Gasteiger partial charge in [0.25, 0.3) is 0 Å². The molecule has 3 N–H and O–H groups in total. The fraction of sp³-hybridized carbons (Fsp3) is 0.316. The average Bonchev–Trinajstić information content (AvgIpc) is 2.60. The van der Waals surface area contributed by atoms with Crippen LogP contribution in [0.4, 0.5) is 5.69 Å². The van der Waals surface area contributed by atoms with Gasteiger partial charge in [-0.25, -0.2) is 4.99 Å². The number of para-hydroxylation sites is 1. The monoisotopic (exact) mass is 343 g/mol. The van der Waals surface area contributed by atoms with Gasteiger partial charge in [-0.15, -0.1) is 0 Å². The van der Waals surface area contributed by atoms with Crippen LogP contribution in [0.5, 0.6) is 17.2 Å². The van der Waals surface area contributed by atoms with Crippen molar-refractivity contribution >= 4 is 11.6 Å². The van der Waals surface area contributed by atoms with Crippen LogP contribution in [0.25, 0.3) is 0 Å². The van der Waals surface area contributed by atoms with Crippen LogP contribution < -0.4 is 25.3 Å². The van der Waals surface area contributed by atoms with E-state index in [1.165, 1.54) is 0 Å². The number of hydrogen-bond acceptors (Lipinski definition) is 4. The molecule has 0 aliphatic carbocycles. The van der Waals surface area contributed by atoms with Crippen LogP contribution in [0.1, 0.15) is 11.1 Å². The van der Waals surface area contributed by atoms with Crippen LogP contribution in [-0.2, 0) is 0 Å². The van der Waals surface area contributed by atoms with Gasteiger partial charge in [-0.05, 0) is 37.1 Å². The van der Waals surface area contributed by atoms with Crippen molar-refractivity contribution < 1.29 is 14.2 Å². The fourth-order valence-electron chi connectivity index (χ4n) is 2.44. The first-order valence-electron chi connectivity index (χ1n) is 8.03. The van der Waals surface area contributed by atoms with Gasteiger partial charge in [0.05, 0.1) is 20.8 Å². The number of aryl methyl sites for hydroxylation is 2. The molecule has 25 heavy (non-hydrogen) atoms. The van der Waals surface area contributed by atoms with E-state index in [9.17, 15) is 0 Å². The summed E-state index contributed by atoms with van der Waals surface area (Å²) in [5, 5.41) is 3.03. The lowest BCUT2D eigenvalue weighted by Crippen LogP contribution is -2.23. The van der Waals surface area contributed by atoms with Gasteiger partial charge in [-0.3, -0.25) is 0 Å². The van der Waals surface area contributed by atoms with Crippen molar-refractivity contribution in [3.63, 3.8) is 0 Å². The van der Waals surface area contributed by atoms with Gasteiger partial charge in [0.2, 0.25) is 0 Å². The molecule has 0 heterocycles. The third-order valence-corrected chi connectivity index (χ3v) is 3.68. The van der Waals surface area contributed by atoms with Gasteiger partial charge in [-0.1, -0.05) is 18.2 Å². The molecule has 0 aromatic heterocycles. The number of rotatable bonds is 7. The number of nitrogens with zero attached hydrogens (tertiary/aromatic N) is 1. The van der Waals surface area contributed by atoms with Crippen molar-refractivity contribution in [3.8, 4) is 17.2 Å². The molecule has 0 saturated heterocycles. The summed E-state index contributed by atoms with van der Waals surface area (Å²) in [6, 6.07) is 11.5. The minimum Gasteiger partial charge on any atom is -0.493 e. The lowest BCUT2D eigenvalue weighted by atomic mass is 10.1. The van der Waals surface area contributed by atoms with Crippen molar-refractivity contribution in [2.75, 3.05) is 32.7 Å². The third-order valence-electron chi connectivity index (χ3n) is 3.68. The van der Waals surface area contributed by atoms with Crippen molar-refractivity contribution in [2.24, 2.45) is 10.7 Å². The molecule has 0 aliphatic rings. The molecule has 0 aliphatic heterocycles. The van der Waals surface area contributed by atoms with Crippen molar-refractivity contribution in [1.82, 2.24) is 0 Å². The normalized spacial score (nSPS) is 11.1. The van der Waals surface area contributed by atoms with Gasteiger partial charge in [0.15, 0.2) is 17.5 Å². The Labute approximate surface area is 148 Å². The minimum absolute atomic E-state index is 0.317. The molecular formula is C19H25N3O3. The minimum atomic E-state index is 0.317. The number of methoxy groups -OCH3 is 2. The number of ether oxygens (including phenoxy) is 3. The van der Waals surface area contributed by atoms with Crippen LogP contribution in [0.15, 0.2) is 41.4 Å². The van der Waals surface area contributed by atoms with Crippen LogP contribution in [0.3, 0.4) is 0 Å². The van der Waals surface area contributed by atoms with Crippen molar-refractivity contribution in [2.45, 2.75) is 13.8 Å². The Hall–Kier alpha value is -2.89. The number of nitrogens with one attached hydrogen (secondary N) is 1.